The molecule has 0 bridgehead atoms. The van der Waals surface area contributed by atoms with Crippen LogP contribution in [0.15, 0.2) is 18.3 Å². The van der Waals surface area contributed by atoms with Gasteiger partial charge in [0, 0.05) is 36.9 Å². The number of halogens is 1. The fourth-order valence-corrected chi connectivity index (χ4v) is 3.91. The van der Waals surface area contributed by atoms with Crippen LogP contribution in [0.4, 0.5) is 4.39 Å². The van der Waals surface area contributed by atoms with E-state index in [9.17, 15) is 9.18 Å². The van der Waals surface area contributed by atoms with E-state index in [1.807, 2.05) is 26.0 Å². The van der Waals surface area contributed by atoms with Crippen molar-refractivity contribution in [3.8, 4) is 0 Å². The van der Waals surface area contributed by atoms with Crippen molar-refractivity contribution in [1.82, 2.24) is 20.9 Å². The Morgan fingerprint density at radius 1 is 1.37 bits per heavy atom. The molecule has 1 fully saturated rings. The Bertz CT molecular complexity index is 625. The molecule has 10 heteroatoms. The van der Waals surface area contributed by atoms with Crippen molar-refractivity contribution >= 4 is 18.5 Å². The first-order chi connectivity index (χ1) is 12.7. The fraction of sp³-hybridized carbons (Fsp3) is 0.647. The van der Waals surface area contributed by atoms with Gasteiger partial charge in [0.1, 0.15) is 6.17 Å². The molecular formula is C17H30FN7OS. The molecule has 0 aromatic carbocycles. The van der Waals surface area contributed by atoms with Crippen LogP contribution in [-0.4, -0.2) is 53.9 Å². The molecule has 2 heterocycles. The number of nitrogens with one attached hydrogen (secondary N) is 3. The maximum absolute atomic E-state index is 13.3. The smallest absolute Gasteiger partial charge is 0.229 e. The monoisotopic (exact) mass is 399 g/mol. The topological polar surface area (TPSA) is 144 Å². The number of carbonyl (C=O) groups is 1. The molecule has 9 N–H and O–H groups in total. The number of nitrogens with two attached hydrogens (primary N) is 3. The summed E-state index contributed by atoms with van der Waals surface area (Å²) < 4.78 is 13.3. The number of rotatable bonds is 7. The summed E-state index contributed by atoms with van der Waals surface area (Å²) in [5.74, 6) is -1.40. The molecule has 8 nitrogen and oxygen atoms in total. The van der Waals surface area contributed by atoms with Crippen molar-refractivity contribution in [3.05, 3.63) is 29.6 Å². The van der Waals surface area contributed by atoms with Gasteiger partial charge in [0.25, 0.3) is 0 Å². The maximum atomic E-state index is 13.3. The molecule has 152 valence electrons. The predicted octanol–water partition coefficient (Wildman–Crippen LogP) is -1.09. The summed E-state index contributed by atoms with van der Waals surface area (Å²) in [5.41, 5.74) is 19.6. The third-order valence-corrected chi connectivity index (χ3v) is 5.15. The van der Waals surface area contributed by atoms with E-state index in [1.165, 1.54) is 0 Å². The lowest BCUT2D eigenvalue weighted by Gasteiger charge is -2.36. The Labute approximate surface area is 164 Å². The van der Waals surface area contributed by atoms with Crippen LogP contribution in [0.3, 0.4) is 0 Å². The number of amides is 1. The molecule has 1 saturated heterocycles. The minimum Gasteiger partial charge on any atom is -0.343 e. The third kappa shape index (κ3) is 5.84. The summed E-state index contributed by atoms with van der Waals surface area (Å²) in [6.45, 7) is 4.01. The second-order valence-electron chi connectivity index (χ2n) is 7.06. The number of pyridine rings is 1. The minimum absolute atomic E-state index is 0.136. The van der Waals surface area contributed by atoms with Gasteiger partial charge in [0.2, 0.25) is 5.91 Å². The summed E-state index contributed by atoms with van der Waals surface area (Å²) in [7, 11) is 0. The highest BCUT2D eigenvalue weighted by Gasteiger charge is 2.36. The van der Waals surface area contributed by atoms with Gasteiger partial charge in [-0.1, -0.05) is 0 Å². The summed E-state index contributed by atoms with van der Waals surface area (Å²) in [6, 6.07) is 3.51. The van der Waals surface area contributed by atoms with Crippen LogP contribution in [0, 0.1) is 12.8 Å². The number of hydrogen-bond donors (Lipinski definition) is 7. The molecule has 27 heavy (non-hydrogen) atoms. The van der Waals surface area contributed by atoms with E-state index in [-0.39, 0.29) is 31.0 Å². The molecule has 0 spiro atoms. The highest BCUT2D eigenvalue weighted by Crippen LogP contribution is 2.25. The fourth-order valence-electron chi connectivity index (χ4n) is 3.34. The second kappa shape index (κ2) is 9.76. The Hall–Kier alpha value is -1.30. The van der Waals surface area contributed by atoms with Gasteiger partial charge in [-0.25, -0.2) is 4.39 Å². The van der Waals surface area contributed by atoms with Crippen LogP contribution in [-0.2, 0) is 4.79 Å². The Kier molecular flexibility index (Phi) is 7.95. The van der Waals surface area contributed by atoms with Crippen LogP contribution >= 0.6 is 12.6 Å². The molecule has 2 rings (SSSR count). The van der Waals surface area contributed by atoms with Crippen molar-refractivity contribution in [1.29, 1.82) is 0 Å². The van der Waals surface area contributed by atoms with E-state index in [0.717, 1.165) is 11.3 Å². The van der Waals surface area contributed by atoms with Gasteiger partial charge in [-0.05, 0) is 31.5 Å². The van der Waals surface area contributed by atoms with E-state index in [0.29, 0.717) is 0 Å². The first kappa shape index (κ1) is 22.0. The molecule has 4 unspecified atom stereocenters. The Morgan fingerprint density at radius 3 is 2.52 bits per heavy atom. The summed E-state index contributed by atoms with van der Waals surface area (Å²) in [4.78, 5) is 17.0. The number of carbonyl (C=O) groups excluding carboxylic acids is 1. The average molecular weight is 400 g/mol. The Morgan fingerprint density at radius 2 is 2.00 bits per heavy atom. The molecule has 0 aliphatic carbocycles. The first-order valence-electron chi connectivity index (χ1n) is 8.99. The predicted molar refractivity (Wildman–Crippen MR) is 107 cm³/mol. The molecular weight excluding hydrogens is 369 g/mol. The highest BCUT2D eigenvalue weighted by molar-refractivity contribution is 7.81. The van der Waals surface area contributed by atoms with Crippen LogP contribution < -0.4 is 33.2 Å². The number of hydrogen-bond acceptors (Lipinski definition) is 8. The van der Waals surface area contributed by atoms with Gasteiger partial charge in [-0.2, -0.15) is 12.6 Å². The lowest BCUT2D eigenvalue weighted by atomic mass is 9.92. The van der Waals surface area contributed by atoms with E-state index in [1.54, 1.807) is 6.20 Å². The van der Waals surface area contributed by atoms with Gasteiger partial charge < -0.3 is 22.5 Å². The maximum Gasteiger partial charge on any atom is 0.229 e. The summed E-state index contributed by atoms with van der Waals surface area (Å²) in [6.07, 6.45) is -0.767. The zero-order valence-corrected chi connectivity index (χ0v) is 16.5. The first-order valence-corrected chi connectivity index (χ1v) is 9.51. The van der Waals surface area contributed by atoms with E-state index in [2.05, 4.69) is 33.6 Å². The van der Waals surface area contributed by atoms with E-state index < -0.39 is 29.8 Å². The quantitative estimate of drug-likeness (QED) is 0.228. The molecule has 1 aromatic rings. The van der Waals surface area contributed by atoms with Crippen molar-refractivity contribution in [2.45, 2.75) is 49.7 Å². The molecule has 1 aliphatic rings. The van der Waals surface area contributed by atoms with E-state index in [4.69, 9.17) is 17.2 Å². The number of nitrogens with zero attached hydrogens (tertiary/aromatic N) is 1. The van der Waals surface area contributed by atoms with Crippen LogP contribution in [0.5, 0.6) is 0 Å². The third-order valence-electron chi connectivity index (χ3n) is 4.70. The van der Waals surface area contributed by atoms with Gasteiger partial charge in [-0.15, -0.1) is 0 Å². The molecule has 4 atom stereocenters. The van der Waals surface area contributed by atoms with Crippen molar-refractivity contribution < 1.29 is 9.18 Å². The van der Waals surface area contributed by atoms with Crippen LogP contribution in [0.25, 0.3) is 0 Å². The van der Waals surface area contributed by atoms with Gasteiger partial charge in [0.05, 0.1) is 23.6 Å². The number of alkyl halides is 1. The SMILES string of the molecule is Cc1cc(C(C(C)N)C(S)NC(=O)C(C(N)N)C2NCC(F)CN2)ccn1. The van der Waals surface area contributed by atoms with E-state index >= 15 is 0 Å². The average Bonchev–Trinajstić information content (AvgIpc) is 2.56. The zero-order chi connectivity index (χ0) is 20.1. The number of aromatic nitrogens is 1. The van der Waals surface area contributed by atoms with Gasteiger partial charge in [0.15, 0.2) is 0 Å². The summed E-state index contributed by atoms with van der Waals surface area (Å²) in [5, 5.41) is 8.16. The highest BCUT2D eigenvalue weighted by atomic mass is 32.1. The van der Waals surface area contributed by atoms with Gasteiger partial charge >= 0.3 is 0 Å². The van der Waals surface area contributed by atoms with Crippen LogP contribution in [0.2, 0.25) is 0 Å². The van der Waals surface area contributed by atoms with Crippen molar-refractivity contribution in [3.63, 3.8) is 0 Å². The summed E-state index contributed by atoms with van der Waals surface area (Å²) >= 11 is 4.58. The molecule has 0 radical (unpaired) electrons. The second-order valence-corrected chi connectivity index (χ2v) is 7.62. The van der Waals surface area contributed by atoms with Crippen molar-refractivity contribution in [2.24, 2.45) is 23.1 Å². The number of thiol groups is 1. The van der Waals surface area contributed by atoms with Crippen molar-refractivity contribution in [2.75, 3.05) is 13.1 Å². The number of aryl methyl sites for hydroxylation is 1. The molecule has 1 aliphatic heterocycles. The lowest BCUT2D eigenvalue weighted by molar-refractivity contribution is -0.127. The van der Waals surface area contributed by atoms with Gasteiger partial charge in [-0.3, -0.25) is 20.4 Å². The van der Waals surface area contributed by atoms with Crippen LogP contribution in [0.1, 0.15) is 24.1 Å². The Balaban J connectivity index is 2.12. The standard InChI is InChI=1S/C17H30FN7OS/c1-8-5-10(3-4-22-8)12(9(2)19)17(27)25-16(26)13(14(20)21)15-23-6-11(18)7-24-15/h3-5,9,11-15,17,23-24,27H,6-7,19-21H2,1-2H3,(H,25,26). The normalized spacial score (nSPS) is 24.9. The largest absolute Gasteiger partial charge is 0.343 e. The molecule has 0 saturated carbocycles. The zero-order valence-electron chi connectivity index (χ0n) is 15.6. The molecule has 1 amide bonds. The lowest BCUT2D eigenvalue weighted by Crippen LogP contribution is -2.65. The molecule has 1 aromatic heterocycles. The minimum atomic E-state index is -1.02.